The Hall–Kier alpha value is -1.25. The van der Waals surface area contributed by atoms with E-state index in [1.807, 2.05) is 0 Å². The monoisotopic (exact) mass is 221 g/mol. The maximum absolute atomic E-state index is 10.9. The molecule has 0 bridgehead atoms. The first-order valence-corrected chi connectivity index (χ1v) is 6.08. The van der Waals surface area contributed by atoms with Crippen LogP contribution in [0.2, 0.25) is 0 Å². The van der Waals surface area contributed by atoms with Crippen molar-refractivity contribution in [1.29, 1.82) is 0 Å². The van der Waals surface area contributed by atoms with E-state index in [1.54, 1.807) is 0 Å². The molecule has 3 heteroatoms. The van der Waals surface area contributed by atoms with Crippen molar-refractivity contribution < 1.29 is 9.90 Å². The summed E-state index contributed by atoms with van der Waals surface area (Å²) in [5, 5.41) is 9.00. The average Bonchev–Trinajstić information content (AvgIpc) is 2.70. The second-order valence-corrected chi connectivity index (χ2v) is 4.67. The van der Waals surface area contributed by atoms with E-state index in [0.717, 1.165) is 6.42 Å². The van der Waals surface area contributed by atoms with E-state index in [0.29, 0.717) is 19.0 Å². The minimum Gasteiger partial charge on any atom is -0.465 e. The van der Waals surface area contributed by atoms with Gasteiger partial charge < -0.3 is 10.0 Å². The van der Waals surface area contributed by atoms with Crippen LogP contribution >= 0.6 is 0 Å². The van der Waals surface area contributed by atoms with Gasteiger partial charge in [-0.2, -0.15) is 0 Å². The number of unbranched alkanes of at least 4 members (excludes halogenated alkanes) is 1. The van der Waals surface area contributed by atoms with Crippen LogP contribution in [0.3, 0.4) is 0 Å². The van der Waals surface area contributed by atoms with Crippen LogP contribution in [0, 0.1) is 5.92 Å². The van der Waals surface area contributed by atoms with Crippen molar-refractivity contribution in [2.45, 2.75) is 32.6 Å². The zero-order valence-electron chi connectivity index (χ0n) is 9.78. The van der Waals surface area contributed by atoms with Gasteiger partial charge in [0.2, 0.25) is 0 Å². The highest BCUT2D eigenvalue weighted by molar-refractivity contribution is 5.67. The standard InChI is InChI=1S/C13H19NO2/c1-2-3-5-10-6-4-7-11-8-14(13(15)16)9-12(10)11/h4,7,10H,2-3,5-6,8-9H2,1H3,(H,15,16). The lowest BCUT2D eigenvalue weighted by Crippen LogP contribution is -2.27. The average molecular weight is 221 g/mol. The third kappa shape index (κ3) is 2.13. The lowest BCUT2D eigenvalue weighted by atomic mass is 9.85. The first-order valence-electron chi connectivity index (χ1n) is 6.08. The van der Waals surface area contributed by atoms with Gasteiger partial charge in [-0.1, -0.05) is 31.9 Å². The van der Waals surface area contributed by atoms with Gasteiger partial charge in [-0.15, -0.1) is 0 Å². The van der Waals surface area contributed by atoms with Crippen LogP contribution in [0.15, 0.2) is 23.3 Å². The molecule has 0 saturated carbocycles. The second kappa shape index (κ2) is 4.73. The van der Waals surface area contributed by atoms with Crippen LogP contribution < -0.4 is 0 Å². The Morgan fingerprint density at radius 1 is 1.56 bits per heavy atom. The van der Waals surface area contributed by atoms with Gasteiger partial charge in [-0.05, 0) is 29.9 Å². The zero-order valence-corrected chi connectivity index (χ0v) is 9.78. The largest absolute Gasteiger partial charge is 0.465 e. The smallest absolute Gasteiger partial charge is 0.407 e. The highest BCUT2D eigenvalue weighted by Gasteiger charge is 2.29. The van der Waals surface area contributed by atoms with E-state index in [-0.39, 0.29) is 0 Å². The number of allylic oxidation sites excluding steroid dienone is 1. The molecule has 88 valence electrons. The molecule has 0 aromatic carbocycles. The van der Waals surface area contributed by atoms with Crippen LogP contribution in [0.4, 0.5) is 4.79 Å². The van der Waals surface area contributed by atoms with Crippen LogP contribution in [0.5, 0.6) is 0 Å². The number of hydrogen-bond donors (Lipinski definition) is 1. The Labute approximate surface area is 96.4 Å². The fourth-order valence-electron chi connectivity index (χ4n) is 2.62. The molecule has 0 saturated heterocycles. The molecule has 0 aromatic rings. The maximum Gasteiger partial charge on any atom is 0.407 e. The maximum atomic E-state index is 10.9. The molecule has 1 atom stereocenters. The van der Waals surface area contributed by atoms with Crippen LogP contribution in [-0.2, 0) is 0 Å². The summed E-state index contributed by atoms with van der Waals surface area (Å²) >= 11 is 0. The highest BCUT2D eigenvalue weighted by Crippen LogP contribution is 2.34. The van der Waals surface area contributed by atoms with Crippen LogP contribution in [0.1, 0.15) is 32.6 Å². The van der Waals surface area contributed by atoms with Gasteiger partial charge in [0, 0.05) is 13.1 Å². The Bertz CT molecular complexity index is 344. The third-order valence-electron chi connectivity index (χ3n) is 3.54. The Morgan fingerprint density at radius 2 is 2.38 bits per heavy atom. The summed E-state index contributed by atoms with van der Waals surface area (Å²) in [6.07, 6.45) is 8.26. The van der Waals surface area contributed by atoms with Gasteiger partial charge in [0.25, 0.3) is 0 Å². The highest BCUT2D eigenvalue weighted by atomic mass is 16.4. The second-order valence-electron chi connectivity index (χ2n) is 4.67. The van der Waals surface area contributed by atoms with Crippen molar-refractivity contribution in [1.82, 2.24) is 4.90 Å². The summed E-state index contributed by atoms with van der Waals surface area (Å²) in [4.78, 5) is 12.5. The minimum absolute atomic E-state index is 0.587. The normalized spacial score (nSPS) is 23.8. The first-order chi connectivity index (χ1) is 7.72. The first kappa shape index (κ1) is 11.2. The van der Waals surface area contributed by atoms with E-state index in [4.69, 9.17) is 5.11 Å². The molecule has 0 fully saturated rings. The molecular formula is C13H19NO2. The van der Waals surface area contributed by atoms with Gasteiger partial charge in [-0.3, -0.25) is 0 Å². The van der Waals surface area contributed by atoms with Crippen LogP contribution in [0.25, 0.3) is 0 Å². The Morgan fingerprint density at radius 3 is 3.06 bits per heavy atom. The molecule has 0 aromatic heterocycles. The molecular weight excluding hydrogens is 202 g/mol. The van der Waals surface area contributed by atoms with Crippen molar-refractivity contribution in [3.63, 3.8) is 0 Å². The molecule has 0 spiro atoms. The summed E-state index contributed by atoms with van der Waals surface area (Å²) < 4.78 is 0. The Kier molecular flexibility index (Phi) is 3.32. The molecule has 2 aliphatic rings. The third-order valence-corrected chi connectivity index (χ3v) is 3.54. The van der Waals surface area contributed by atoms with Crippen molar-refractivity contribution in [3.05, 3.63) is 23.3 Å². The molecule has 1 aliphatic carbocycles. The van der Waals surface area contributed by atoms with E-state index >= 15 is 0 Å². The molecule has 16 heavy (non-hydrogen) atoms. The van der Waals surface area contributed by atoms with Gasteiger partial charge in [0.1, 0.15) is 0 Å². The number of nitrogens with zero attached hydrogens (tertiary/aromatic N) is 1. The van der Waals surface area contributed by atoms with Crippen molar-refractivity contribution in [3.8, 4) is 0 Å². The van der Waals surface area contributed by atoms with Gasteiger partial charge in [0.05, 0.1) is 0 Å². The van der Waals surface area contributed by atoms with Crippen LogP contribution in [-0.4, -0.2) is 29.2 Å². The summed E-state index contributed by atoms with van der Waals surface area (Å²) in [5.74, 6) is 0.587. The van der Waals surface area contributed by atoms with Gasteiger partial charge in [0.15, 0.2) is 0 Å². The minimum atomic E-state index is -0.794. The Balaban J connectivity index is 2.05. The van der Waals surface area contributed by atoms with Crippen molar-refractivity contribution in [2.24, 2.45) is 5.92 Å². The predicted octanol–water partition coefficient (Wildman–Crippen LogP) is 3.04. The van der Waals surface area contributed by atoms with Gasteiger partial charge in [-0.25, -0.2) is 4.79 Å². The summed E-state index contributed by atoms with van der Waals surface area (Å²) in [7, 11) is 0. The molecule has 0 radical (unpaired) electrons. The zero-order chi connectivity index (χ0) is 11.5. The topological polar surface area (TPSA) is 40.5 Å². The van der Waals surface area contributed by atoms with E-state index in [9.17, 15) is 4.79 Å². The molecule has 1 unspecified atom stereocenters. The molecule has 1 N–H and O–H groups in total. The number of hydrogen-bond acceptors (Lipinski definition) is 1. The number of rotatable bonds is 3. The predicted molar refractivity (Wildman–Crippen MR) is 63.4 cm³/mol. The van der Waals surface area contributed by atoms with Crippen molar-refractivity contribution >= 4 is 6.09 Å². The fourth-order valence-corrected chi connectivity index (χ4v) is 2.62. The fraction of sp³-hybridized carbons (Fsp3) is 0.615. The summed E-state index contributed by atoms with van der Waals surface area (Å²) in [5.41, 5.74) is 2.62. The molecule has 1 aliphatic heterocycles. The number of carbonyl (C=O) groups is 1. The lowest BCUT2D eigenvalue weighted by molar-refractivity contribution is 0.156. The van der Waals surface area contributed by atoms with Crippen molar-refractivity contribution in [2.75, 3.05) is 13.1 Å². The molecule has 2 rings (SSSR count). The lowest BCUT2D eigenvalue weighted by Gasteiger charge is -2.20. The van der Waals surface area contributed by atoms with E-state index < -0.39 is 6.09 Å². The van der Waals surface area contributed by atoms with E-state index in [2.05, 4.69) is 19.1 Å². The van der Waals surface area contributed by atoms with E-state index in [1.165, 1.54) is 35.3 Å². The molecule has 1 heterocycles. The quantitative estimate of drug-likeness (QED) is 0.795. The summed E-state index contributed by atoms with van der Waals surface area (Å²) in [6, 6.07) is 0. The number of carboxylic acid groups (broad SMARTS) is 1. The molecule has 3 nitrogen and oxygen atoms in total. The van der Waals surface area contributed by atoms with Gasteiger partial charge >= 0.3 is 6.09 Å². The molecule has 1 amide bonds. The summed E-state index contributed by atoms with van der Waals surface area (Å²) in [6.45, 7) is 3.42. The SMILES string of the molecule is CCCCC1CC=CC2=C1CN(C(=O)O)C2. The number of amides is 1.